The highest BCUT2D eigenvalue weighted by Gasteiger charge is 2.15. The van der Waals surface area contributed by atoms with Crippen molar-refractivity contribution in [2.75, 3.05) is 0 Å². The minimum Gasteiger partial charge on any atom is -0.456 e. The topological polar surface area (TPSA) is 56.2 Å². The second-order valence-electron chi connectivity index (χ2n) is 5.14. The van der Waals surface area contributed by atoms with Crippen LogP contribution in [0.2, 0.25) is 0 Å². The second kappa shape index (κ2) is 4.84. The summed E-state index contributed by atoms with van der Waals surface area (Å²) in [6.45, 7) is 2.00. The minimum absolute atomic E-state index is 0.121. The van der Waals surface area contributed by atoms with Crippen LogP contribution in [0.1, 0.15) is 12.6 Å². The third kappa shape index (κ3) is 1.84. The first-order chi connectivity index (χ1) is 10.8. The molecule has 4 rings (SSSR count). The maximum atomic E-state index is 12.5. The van der Waals surface area contributed by atoms with Crippen molar-refractivity contribution < 1.29 is 8.94 Å². The van der Waals surface area contributed by atoms with Crippen LogP contribution >= 0.6 is 0 Å². The zero-order chi connectivity index (χ0) is 15.1. The first kappa shape index (κ1) is 12.8. The van der Waals surface area contributed by atoms with Gasteiger partial charge in [-0.3, -0.25) is 4.79 Å². The molecule has 0 unspecified atom stereocenters. The van der Waals surface area contributed by atoms with Crippen LogP contribution in [0.15, 0.2) is 62.3 Å². The second-order valence-corrected chi connectivity index (χ2v) is 5.14. The van der Waals surface area contributed by atoms with Gasteiger partial charge in [0.1, 0.15) is 16.7 Å². The minimum atomic E-state index is -0.121. The molecule has 0 saturated heterocycles. The standard InChI is InChI=1S/C18H13NO3/c1-2-13-12-8-9-15-17(18(12)22-19-13)14(20)10-16(21-15)11-6-4-3-5-7-11/h3-10H,2H2,1H3. The Morgan fingerprint density at radius 1 is 1.09 bits per heavy atom. The lowest BCUT2D eigenvalue weighted by molar-refractivity contribution is 0.449. The Hall–Kier alpha value is -2.88. The largest absolute Gasteiger partial charge is 0.456 e. The lowest BCUT2D eigenvalue weighted by Gasteiger charge is -2.03. The lowest BCUT2D eigenvalue weighted by Crippen LogP contribution is -2.00. The summed E-state index contributed by atoms with van der Waals surface area (Å²) in [6.07, 6.45) is 0.756. The fourth-order valence-corrected chi connectivity index (χ4v) is 2.69. The fourth-order valence-electron chi connectivity index (χ4n) is 2.69. The van der Waals surface area contributed by atoms with E-state index >= 15 is 0 Å². The normalized spacial score (nSPS) is 11.3. The van der Waals surface area contributed by atoms with Gasteiger partial charge in [0.2, 0.25) is 0 Å². The molecule has 0 saturated carbocycles. The van der Waals surface area contributed by atoms with E-state index in [0.29, 0.717) is 22.3 Å². The van der Waals surface area contributed by atoms with Crippen molar-refractivity contribution in [3.8, 4) is 11.3 Å². The van der Waals surface area contributed by atoms with Crippen LogP contribution in [0.25, 0.3) is 33.3 Å². The van der Waals surface area contributed by atoms with Crippen molar-refractivity contribution >= 4 is 21.9 Å². The van der Waals surface area contributed by atoms with Crippen molar-refractivity contribution in [3.63, 3.8) is 0 Å². The predicted molar refractivity (Wildman–Crippen MR) is 84.9 cm³/mol. The van der Waals surface area contributed by atoms with E-state index in [9.17, 15) is 4.79 Å². The molecule has 2 heterocycles. The van der Waals surface area contributed by atoms with Gasteiger partial charge in [0.15, 0.2) is 11.0 Å². The summed E-state index contributed by atoms with van der Waals surface area (Å²) in [5, 5.41) is 5.35. The molecule has 2 aromatic heterocycles. The number of fused-ring (bicyclic) bond motifs is 3. The summed E-state index contributed by atoms with van der Waals surface area (Å²) < 4.78 is 11.3. The van der Waals surface area contributed by atoms with Gasteiger partial charge in [0, 0.05) is 17.0 Å². The Balaban J connectivity index is 2.05. The molecule has 0 bridgehead atoms. The summed E-state index contributed by atoms with van der Waals surface area (Å²) in [4.78, 5) is 12.5. The van der Waals surface area contributed by atoms with E-state index in [1.807, 2.05) is 49.4 Å². The van der Waals surface area contributed by atoms with Crippen LogP contribution in [0.3, 0.4) is 0 Å². The van der Waals surface area contributed by atoms with Gasteiger partial charge >= 0.3 is 0 Å². The average molecular weight is 291 g/mol. The third-order valence-electron chi connectivity index (χ3n) is 3.80. The van der Waals surface area contributed by atoms with Gasteiger partial charge in [0.25, 0.3) is 0 Å². The number of aryl methyl sites for hydroxylation is 1. The van der Waals surface area contributed by atoms with Crippen molar-refractivity contribution in [2.24, 2.45) is 0 Å². The van der Waals surface area contributed by atoms with Crippen molar-refractivity contribution in [3.05, 3.63) is 64.4 Å². The number of benzene rings is 2. The monoisotopic (exact) mass is 291 g/mol. The van der Waals surface area contributed by atoms with Gasteiger partial charge in [-0.2, -0.15) is 0 Å². The number of aromatic nitrogens is 1. The van der Waals surface area contributed by atoms with Crippen LogP contribution in [0.4, 0.5) is 0 Å². The molecule has 0 amide bonds. The van der Waals surface area contributed by atoms with Crippen molar-refractivity contribution in [1.82, 2.24) is 5.16 Å². The van der Waals surface area contributed by atoms with E-state index < -0.39 is 0 Å². The van der Waals surface area contributed by atoms with Gasteiger partial charge in [-0.1, -0.05) is 42.4 Å². The Bertz CT molecular complexity index is 1030. The molecule has 4 nitrogen and oxygen atoms in total. The summed E-state index contributed by atoms with van der Waals surface area (Å²) in [7, 11) is 0. The van der Waals surface area contributed by atoms with Gasteiger partial charge < -0.3 is 8.94 Å². The molecule has 4 aromatic rings. The molecule has 0 fully saturated rings. The average Bonchev–Trinajstić information content (AvgIpc) is 2.98. The number of hydrogen-bond acceptors (Lipinski definition) is 4. The molecule has 4 heteroatoms. The zero-order valence-electron chi connectivity index (χ0n) is 12.0. The smallest absolute Gasteiger partial charge is 0.197 e. The number of nitrogens with zero attached hydrogens (tertiary/aromatic N) is 1. The summed E-state index contributed by atoms with van der Waals surface area (Å²) in [5.41, 5.74) is 2.61. The third-order valence-corrected chi connectivity index (χ3v) is 3.80. The van der Waals surface area contributed by atoms with Crippen molar-refractivity contribution in [2.45, 2.75) is 13.3 Å². The SMILES string of the molecule is CCc1noc2c1ccc1oc(-c3ccccc3)cc(=O)c12. The molecular formula is C18H13NO3. The van der Waals surface area contributed by atoms with E-state index in [4.69, 9.17) is 8.94 Å². The Morgan fingerprint density at radius 3 is 2.68 bits per heavy atom. The van der Waals surface area contributed by atoms with Crippen LogP contribution in [-0.2, 0) is 6.42 Å². The lowest BCUT2D eigenvalue weighted by atomic mass is 10.1. The molecule has 0 spiro atoms. The van der Waals surface area contributed by atoms with Gasteiger partial charge in [0.05, 0.1) is 5.69 Å². The zero-order valence-corrected chi connectivity index (χ0v) is 12.0. The van der Waals surface area contributed by atoms with E-state index in [1.54, 1.807) is 0 Å². The van der Waals surface area contributed by atoms with Crippen LogP contribution in [0.5, 0.6) is 0 Å². The Kier molecular flexibility index (Phi) is 2.82. The number of rotatable bonds is 2. The highest BCUT2D eigenvalue weighted by Crippen LogP contribution is 2.28. The van der Waals surface area contributed by atoms with Crippen LogP contribution in [-0.4, -0.2) is 5.16 Å². The molecular weight excluding hydrogens is 278 g/mol. The molecule has 2 aromatic carbocycles. The first-order valence-corrected chi connectivity index (χ1v) is 7.18. The molecule has 0 atom stereocenters. The number of hydrogen-bond donors (Lipinski definition) is 0. The van der Waals surface area contributed by atoms with E-state index in [1.165, 1.54) is 6.07 Å². The summed E-state index contributed by atoms with van der Waals surface area (Å²) in [5.74, 6) is 0.549. The molecule has 0 aliphatic heterocycles. The molecule has 0 aliphatic rings. The predicted octanol–water partition coefficient (Wildman–Crippen LogP) is 4.16. The molecule has 0 aliphatic carbocycles. The summed E-state index contributed by atoms with van der Waals surface area (Å²) >= 11 is 0. The van der Waals surface area contributed by atoms with E-state index in [0.717, 1.165) is 23.1 Å². The molecule has 22 heavy (non-hydrogen) atoms. The molecule has 0 N–H and O–H groups in total. The van der Waals surface area contributed by atoms with Crippen molar-refractivity contribution in [1.29, 1.82) is 0 Å². The van der Waals surface area contributed by atoms with Gasteiger partial charge in [-0.05, 0) is 18.6 Å². The highest BCUT2D eigenvalue weighted by molar-refractivity contribution is 6.02. The van der Waals surface area contributed by atoms with E-state index in [-0.39, 0.29) is 5.43 Å². The van der Waals surface area contributed by atoms with Crippen LogP contribution < -0.4 is 5.43 Å². The van der Waals surface area contributed by atoms with Gasteiger partial charge in [-0.15, -0.1) is 0 Å². The Labute approximate surface area is 126 Å². The van der Waals surface area contributed by atoms with Crippen LogP contribution in [0, 0.1) is 0 Å². The maximum absolute atomic E-state index is 12.5. The molecule has 108 valence electrons. The summed E-state index contributed by atoms with van der Waals surface area (Å²) in [6, 6.07) is 14.8. The van der Waals surface area contributed by atoms with Gasteiger partial charge in [-0.25, -0.2) is 0 Å². The molecule has 0 radical (unpaired) electrons. The van der Waals surface area contributed by atoms with E-state index in [2.05, 4.69) is 5.16 Å². The first-order valence-electron chi connectivity index (χ1n) is 7.18. The fraction of sp³-hybridized carbons (Fsp3) is 0.111. The Morgan fingerprint density at radius 2 is 1.91 bits per heavy atom. The highest BCUT2D eigenvalue weighted by atomic mass is 16.5. The maximum Gasteiger partial charge on any atom is 0.197 e. The quantitative estimate of drug-likeness (QED) is 0.556.